The van der Waals surface area contributed by atoms with Gasteiger partial charge >= 0.3 is 0 Å². The lowest BCUT2D eigenvalue weighted by Crippen LogP contribution is -2.44. The Hall–Kier alpha value is -1.93. The molecular formula is C13H21N5O3. The van der Waals surface area contributed by atoms with Gasteiger partial charge in [-0.1, -0.05) is 0 Å². The molecule has 1 aliphatic rings. The van der Waals surface area contributed by atoms with Crippen LogP contribution >= 0.6 is 0 Å². The standard InChI is InChI=1S/C13H21N5O3/c19-6-3-14-11-8-12(17-9-16-11)18-5-1-2-10(18)13(21)15-4-7-20/h8-10,19-20H,1-7H2,(H,15,21)(H,14,16,17). The zero-order valence-corrected chi connectivity index (χ0v) is 11.8. The van der Waals surface area contributed by atoms with Crippen LogP contribution in [0.25, 0.3) is 0 Å². The largest absolute Gasteiger partial charge is 0.395 e. The number of aliphatic hydroxyl groups is 2. The summed E-state index contributed by atoms with van der Waals surface area (Å²) in [4.78, 5) is 22.3. The number of amides is 1. The molecule has 0 saturated carbocycles. The Kier molecular flexibility index (Phi) is 5.70. The molecule has 1 aliphatic heterocycles. The van der Waals surface area contributed by atoms with Crippen LogP contribution in [0.4, 0.5) is 11.6 Å². The minimum Gasteiger partial charge on any atom is -0.395 e. The lowest BCUT2D eigenvalue weighted by molar-refractivity contribution is -0.122. The molecule has 0 spiro atoms. The normalized spacial score (nSPS) is 17.8. The molecule has 1 aromatic rings. The highest BCUT2D eigenvalue weighted by Gasteiger charge is 2.31. The van der Waals surface area contributed by atoms with Crippen LogP contribution in [-0.4, -0.2) is 65.0 Å². The molecular weight excluding hydrogens is 274 g/mol. The van der Waals surface area contributed by atoms with Crippen LogP contribution in [0.15, 0.2) is 12.4 Å². The first-order chi connectivity index (χ1) is 10.3. The zero-order valence-electron chi connectivity index (χ0n) is 11.8. The number of rotatable bonds is 7. The molecule has 0 bridgehead atoms. The highest BCUT2D eigenvalue weighted by molar-refractivity contribution is 5.85. The maximum absolute atomic E-state index is 12.1. The summed E-state index contributed by atoms with van der Waals surface area (Å²) in [6.45, 7) is 1.39. The van der Waals surface area contributed by atoms with Crippen LogP contribution in [0, 0.1) is 0 Å². The lowest BCUT2D eigenvalue weighted by Gasteiger charge is -2.25. The molecule has 1 atom stereocenters. The fraction of sp³-hybridized carbons (Fsp3) is 0.615. The number of anilines is 2. The van der Waals surface area contributed by atoms with Crippen molar-refractivity contribution >= 4 is 17.5 Å². The molecule has 1 saturated heterocycles. The average Bonchev–Trinajstić information content (AvgIpc) is 3.00. The van der Waals surface area contributed by atoms with Gasteiger partial charge in [0.25, 0.3) is 0 Å². The maximum atomic E-state index is 12.1. The van der Waals surface area contributed by atoms with E-state index < -0.39 is 0 Å². The lowest BCUT2D eigenvalue weighted by atomic mass is 10.2. The molecule has 116 valence electrons. The summed E-state index contributed by atoms with van der Waals surface area (Å²) < 4.78 is 0. The number of carbonyl (C=O) groups is 1. The van der Waals surface area contributed by atoms with Crippen molar-refractivity contribution in [2.45, 2.75) is 18.9 Å². The van der Waals surface area contributed by atoms with E-state index in [-0.39, 0.29) is 31.7 Å². The van der Waals surface area contributed by atoms with Crippen molar-refractivity contribution in [1.82, 2.24) is 15.3 Å². The molecule has 4 N–H and O–H groups in total. The number of aliphatic hydroxyl groups excluding tert-OH is 2. The van der Waals surface area contributed by atoms with Gasteiger partial charge in [0.15, 0.2) is 0 Å². The molecule has 8 nitrogen and oxygen atoms in total. The number of nitrogens with zero attached hydrogens (tertiary/aromatic N) is 3. The predicted molar refractivity (Wildman–Crippen MR) is 78.1 cm³/mol. The maximum Gasteiger partial charge on any atom is 0.242 e. The van der Waals surface area contributed by atoms with Crippen LogP contribution in [0.1, 0.15) is 12.8 Å². The molecule has 1 fully saturated rings. The van der Waals surface area contributed by atoms with E-state index in [0.717, 1.165) is 19.4 Å². The van der Waals surface area contributed by atoms with Gasteiger partial charge in [-0.05, 0) is 12.8 Å². The van der Waals surface area contributed by atoms with Gasteiger partial charge in [-0.3, -0.25) is 4.79 Å². The summed E-state index contributed by atoms with van der Waals surface area (Å²) in [5.41, 5.74) is 0. The van der Waals surface area contributed by atoms with Crippen LogP contribution in [0.3, 0.4) is 0 Å². The van der Waals surface area contributed by atoms with E-state index in [9.17, 15) is 4.79 Å². The van der Waals surface area contributed by atoms with Crippen molar-refractivity contribution in [3.63, 3.8) is 0 Å². The first-order valence-electron chi connectivity index (χ1n) is 7.08. The van der Waals surface area contributed by atoms with E-state index in [1.165, 1.54) is 6.33 Å². The summed E-state index contributed by atoms with van der Waals surface area (Å²) in [7, 11) is 0. The first kappa shape index (κ1) is 15.5. The van der Waals surface area contributed by atoms with E-state index in [2.05, 4.69) is 20.6 Å². The molecule has 0 aromatic carbocycles. The summed E-state index contributed by atoms with van der Waals surface area (Å²) in [5, 5.41) is 23.3. The molecule has 1 unspecified atom stereocenters. The Morgan fingerprint density at radius 3 is 2.90 bits per heavy atom. The minimum absolute atomic E-state index is 0.0231. The van der Waals surface area contributed by atoms with E-state index in [0.29, 0.717) is 18.2 Å². The van der Waals surface area contributed by atoms with Crippen molar-refractivity contribution in [3.8, 4) is 0 Å². The molecule has 2 rings (SSSR count). The van der Waals surface area contributed by atoms with Gasteiger partial charge in [0.05, 0.1) is 13.2 Å². The van der Waals surface area contributed by atoms with Crippen molar-refractivity contribution in [3.05, 3.63) is 12.4 Å². The summed E-state index contributed by atoms with van der Waals surface area (Å²) in [6.07, 6.45) is 3.12. The van der Waals surface area contributed by atoms with E-state index in [1.54, 1.807) is 6.07 Å². The van der Waals surface area contributed by atoms with Crippen molar-refractivity contribution < 1.29 is 15.0 Å². The third-order valence-electron chi connectivity index (χ3n) is 3.33. The first-order valence-corrected chi connectivity index (χ1v) is 7.08. The van der Waals surface area contributed by atoms with E-state index in [1.807, 2.05) is 4.90 Å². The van der Waals surface area contributed by atoms with E-state index >= 15 is 0 Å². The second-order valence-corrected chi connectivity index (χ2v) is 4.78. The number of nitrogens with one attached hydrogen (secondary N) is 2. The van der Waals surface area contributed by atoms with Crippen molar-refractivity contribution in [2.24, 2.45) is 0 Å². The zero-order chi connectivity index (χ0) is 15.1. The molecule has 0 radical (unpaired) electrons. The summed E-state index contributed by atoms with van der Waals surface area (Å²) in [5.74, 6) is 1.22. The van der Waals surface area contributed by atoms with Gasteiger partial charge in [-0.2, -0.15) is 0 Å². The number of hydrogen-bond acceptors (Lipinski definition) is 7. The van der Waals surface area contributed by atoms with Crippen molar-refractivity contribution in [2.75, 3.05) is 43.1 Å². The Labute approximate surface area is 123 Å². The summed E-state index contributed by atoms with van der Waals surface area (Å²) >= 11 is 0. The molecule has 0 aliphatic carbocycles. The van der Waals surface area contributed by atoms with Crippen LogP contribution in [0.5, 0.6) is 0 Å². The highest BCUT2D eigenvalue weighted by atomic mass is 16.3. The van der Waals surface area contributed by atoms with Gasteiger partial charge in [0.1, 0.15) is 24.0 Å². The van der Waals surface area contributed by atoms with Gasteiger partial charge in [0.2, 0.25) is 5.91 Å². The van der Waals surface area contributed by atoms with Gasteiger partial charge in [-0.15, -0.1) is 0 Å². The van der Waals surface area contributed by atoms with Crippen LogP contribution in [0.2, 0.25) is 0 Å². The molecule has 8 heteroatoms. The third kappa shape index (κ3) is 4.02. The predicted octanol–water partition coefficient (Wildman–Crippen LogP) is -1.04. The second-order valence-electron chi connectivity index (χ2n) is 4.78. The van der Waals surface area contributed by atoms with Crippen LogP contribution < -0.4 is 15.5 Å². The summed E-state index contributed by atoms with van der Waals surface area (Å²) in [6, 6.07) is 1.50. The molecule has 21 heavy (non-hydrogen) atoms. The molecule has 1 amide bonds. The molecule has 1 aromatic heterocycles. The fourth-order valence-electron chi connectivity index (χ4n) is 2.40. The SMILES string of the molecule is O=C(NCCO)C1CCCN1c1cc(NCCO)ncn1. The van der Waals surface area contributed by atoms with Crippen LogP contribution in [-0.2, 0) is 4.79 Å². The fourth-order valence-corrected chi connectivity index (χ4v) is 2.40. The van der Waals surface area contributed by atoms with Gasteiger partial charge < -0.3 is 25.7 Å². The topological polar surface area (TPSA) is 111 Å². The minimum atomic E-state index is -0.267. The Bertz CT molecular complexity index is 471. The smallest absolute Gasteiger partial charge is 0.242 e. The number of aromatic nitrogens is 2. The second kappa shape index (κ2) is 7.75. The van der Waals surface area contributed by atoms with Gasteiger partial charge in [0, 0.05) is 25.7 Å². The average molecular weight is 295 g/mol. The molecule has 2 heterocycles. The third-order valence-corrected chi connectivity index (χ3v) is 3.33. The quantitative estimate of drug-likeness (QED) is 0.508. The van der Waals surface area contributed by atoms with E-state index in [4.69, 9.17) is 10.2 Å². The number of hydrogen-bond donors (Lipinski definition) is 4. The van der Waals surface area contributed by atoms with Crippen molar-refractivity contribution in [1.29, 1.82) is 0 Å². The number of carbonyl (C=O) groups excluding carboxylic acids is 1. The van der Waals surface area contributed by atoms with Gasteiger partial charge in [-0.25, -0.2) is 9.97 Å². The Morgan fingerprint density at radius 1 is 1.33 bits per heavy atom. The highest BCUT2D eigenvalue weighted by Crippen LogP contribution is 2.24. The monoisotopic (exact) mass is 295 g/mol. The Morgan fingerprint density at radius 2 is 2.14 bits per heavy atom. The Balaban J connectivity index is 2.06.